The Morgan fingerprint density at radius 3 is 2.42 bits per heavy atom. The Labute approximate surface area is 205 Å². The molecule has 0 saturated heterocycles. The third kappa shape index (κ3) is 7.85. The predicted octanol–water partition coefficient (Wildman–Crippen LogP) is 7.57. The molecule has 0 fully saturated rings. The molecule has 4 nitrogen and oxygen atoms in total. The molecule has 2 amide bonds. The standard InChI is InChI=1S/C27H28Cl2N2O2/c1-3-33-25-13-11-24(12-14-25)30-27(32)31(16-15-22-9-10-23(28)18-26(22)29)19-20(2)17-21-7-5-4-6-8-21/h4-14,17-18H,3,15-16,19H2,1-2H3,(H,30,32). The van der Waals surface area contributed by atoms with E-state index in [9.17, 15) is 4.79 Å². The highest BCUT2D eigenvalue weighted by atomic mass is 35.5. The fourth-order valence-corrected chi connectivity index (χ4v) is 3.92. The van der Waals surface area contributed by atoms with Crippen molar-refractivity contribution in [3.05, 3.63) is 99.5 Å². The normalized spacial score (nSPS) is 11.2. The van der Waals surface area contributed by atoms with E-state index < -0.39 is 0 Å². The van der Waals surface area contributed by atoms with E-state index in [1.54, 1.807) is 11.0 Å². The number of carbonyl (C=O) groups is 1. The van der Waals surface area contributed by atoms with Gasteiger partial charge in [-0.05, 0) is 67.8 Å². The molecule has 33 heavy (non-hydrogen) atoms. The van der Waals surface area contributed by atoms with Crippen LogP contribution in [-0.4, -0.2) is 30.6 Å². The average molecular weight is 483 g/mol. The molecule has 0 aliphatic heterocycles. The monoisotopic (exact) mass is 482 g/mol. The molecular formula is C27H28Cl2N2O2. The molecule has 0 spiro atoms. The maximum atomic E-state index is 13.2. The van der Waals surface area contributed by atoms with Crippen molar-refractivity contribution in [3.8, 4) is 5.75 Å². The largest absolute Gasteiger partial charge is 0.494 e. The number of ether oxygens (including phenoxy) is 1. The van der Waals surface area contributed by atoms with Crippen LogP contribution >= 0.6 is 23.2 Å². The topological polar surface area (TPSA) is 41.6 Å². The summed E-state index contributed by atoms with van der Waals surface area (Å²) in [6, 6.07) is 22.7. The van der Waals surface area contributed by atoms with Crippen LogP contribution in [0.2, 0.25) is 10.0 Å². The first-order chi connectivity index (χ1) is 15.9. The maximum absolute atomic E-state index is 13.2. The maximum Gasteiger partial charge on any atom is 0.322 e. The number of anilines is 1. The van der Waals surface area contributed by atoms with Gasteiger partial charge in [-0.15, -0.1) is 0 Å². The van der Waals surface area contributed by atoms with Crippen LogP contribution in [0.15, 0.2) is 78.4 Å². The second-order valence-electron chi connectivity index (χ2n) is 7.70. The van der Waals surface area contributed by atoms with Crippen LogP contribution in [0.1, 0.15) is 25.0 Å². The minimum Gasteiger partial charge on any atom is -0.494 e. The number of amides is 2. The predicted molar refractivity (Wildman–Crippen MR) is 138 cm³/mol. The summed E-state index contributed by atoms with van der Waals surface area (Å²) in [6.45, 7) is 5.55. The molecular weight excluding hydrogens is 455 g/mol. The van der Waals surface area contributed by atoms with Crippen molar-refractivity contribution in [2.75, 3.05) is 25.0 Å². The fourth-order valence-electron chi connectivity index (χ4n) is 3.42. The molecule has 0 radical (unpaired) electrons. The number of benzene rings is 3. The molecule has 1 N–H and O–H groups in total. The number of nitrogens with zero attached hydrogens (tertiary/aromatic N) is 1. The molecule has 0 saturated carbocycles. The molecule has 3 aromatic rings. The van der Waals surface area contributed by atoms with Gasteiger partial charge in [-0.3, -0.25) is 0 Å². The van der Waals surface area contributed by atoms with Gasteiger partial charge < -0.3 is 15.0 Å². The summed E-state index contributed by atoms with van der Waals surface area (Å²) in [4.78, 5) is 15.0. The summed E-state index contributed by atoms with van der Waals surface area (Å²) in [6.07, 6.45) is 2.71. The van der Waals surface area contributed by atoms with Crippen molar-refractivity contribution >= 4 is 41.0 Å². The Kier molecular flexibility index (Phi) is 9.23. The van der Waals surface area contributed by atoms with E-state index in [2.05, 4.69) is 11.4 Å². The summed E-state index contributed by atoms with van der Waals surface area (Å²) < 4.78 is 5.48. The minimum atomic E-state index is -0.176. The van der Waals surface area contributed by atoms with Gasteiger partial charge in [0.05, 0.1) is 6.61 Å². The van der Waals surface area contributed by atoms with Crippen molar-refractivity contribution in [3.63, 3.8) is 0 Å². The van der Waals surface area contributed by atoms with Crippen LogP contribution in [-0.2, 0) is 6.42 Å². The first-order valence-electron chi connectivity index (χ1n) is 10.9. The molecule has 172 valence electrons. The number of halogens is 2. The van der Waals surface area contributed by atoms with Crippen LogP contribution in [0.25, 0.3) is 6.08 Å². The summed E-state index contributed by atoms with van der Waals surface area (Å²) >= 11 is 12.4. The summed E-state index contributed by atoms with van der Waals surface area (Å²) in [5.74, 6) is 0.770. The fraction of sp³-hybridized carbons (Fsp3) is 0.222. The van der Waals surface area contributed by atoms with Gasteiger partial charge in [-0.25, -0.2) is 4.79 Å². The van der Waals surface area contributed by atoms with Crippen molar-refractivity contribution in [1.82, 2.24) is 4.90 Å². The highest BCUT2D eigenvalue weighted by Crippen LogP contribution is 2.22. The lowest BCUT2D eigenvalue weighted by molar-refractivity contribution is 0.216. The highest BCUT2D eigenvalue weighted by molar-refractivity contribution is 6.35. The molecule has 6 heteroatoms. The third-order valence-corrected chi connectivity index (χ3v) is 5.61. The Bertz CT molecular complexity index is 1080. The number of carbonyl (C=O) groups excluding carboxylic acids is 1. The first kappa shape index (κ1) is 24.7. The zero-order valence-corrected chi connectivity index (χ0v) is 20.4. The van der Waals surface area contributed by atoms with Crippen LogP contribution < -0.4 is 10.1 Å². The molecule has 3 rings (SSSR count). The molecule has 3 aromatic carbocycles. The number of hydrogen-bond donors (Lipinski definition) is 1. The molecule has 0 unspecified atom stereocenters. The van der Waals surface area contributed by atoms with Crippen LogP contribution in [0.5, 0.6) is 5.75 Å². The number of urea groups is 1. The lowest BCUT2D eigenvalue weighted by Gasteiger charge is -2.24. The van der Waals surface area contributed by atoms with E-state index in [0.29, 0.717) is 41.8 Å². The Balaban J connectivity index is 1.74. The molecule has 0 heterocycles. The van der Waals surface area contributed by atoms with Gasteiger partial charge in [0, 0.05) is 28.8 Å². The first-order valence-corrected chi connectivity index (χ1v) is 11.6. The van der Waals surface area contributed by atoms with Gasteiger partial charge in [-0.2, -0.15) is 0 Å². The summed E-state index contributed by atoms with van der Waals surface area (Å²) in [5, 5.41) is 4.19. The van der Waals surface area contributed by atoms with E-state index >= 15 is 0 Å². The van der Waals surface area contributed by atoms with Crippen molar-refractivity contribution < 1.29 is 9.53 Å². The van der Waals surface area contributed by atoms with Crippen LogP contribution in [0, 0.1) is 0 Å². The quantitative estimate of drug-likeness (QED) is 0.341. The SMILES string of the molecule is CCOc1ccc(NC(=O)N(CCc2ccc(Cl)cc2Cl)CC(C)=Cc2ccccc2)cc1. The van der Waals surface area contributed by atoms with Crippen molar-refractivity contribution in [2.45, 2.75) is 20.3 Å². The van der Waals surface area contributed by atoms with E-state index in [-0.39, 0.29) is 6.03 Å². The highest BCUT2D eigenvalue weighted by Gasteiger charge is 2.15. The second kappa shape index (κ2) is 12.3. The third-order valence-electron chi connectivity index (χ3n) is 5.02. The number of nitrogens with one attached hydrogen (secondary N) is 1. The molecule has 0 aliphatic rings. The minimum absolute atomic E-state index is 0.176. The second-order valence-corrected chi connectivity index (χ2v) is 8.54. The van der Waals surface area contributed by atoms with Gasteiger partial charge in [0.1, 0.15) is 5.75 Å². The van der Waals surface area contributed by atoms with E-state index in [0.717, 1.165) is 22.4 Å². The van der Waals surface area contributed by atoms with E-state index in [4.69, 9.17) is 27.9 Å². The van der Waals surface area contributed by atoms with Crippen molar-refractivity contribution in [2.24, 2.45) is 0 Å². The van der Waals surface area contributed by atoms with Crippen LogP contribution in [0.3, 0.4) is 0 Å². The number of hydrogen-bond acceptors (Lipinski definition) is 2. The van der Waals surface area contributed by atoms with E-state index in [1.807, 2.05) is 80.6 Å². The zero-order chi connectivity index (χ0) is 23.6. The molecule has 0 atom stereocenters. The average Bonchev–Trinajstić information content (AvgIpc) is 2.79. The van der Waals surface area contributed by atoms with Gasteiger partial charge in [0.25, 0.3) is 0 Å². The lowest BCUT2D eigenvalue weighted by Crippen LogP contribution is -2.37. The Morgan fingerprint density at radius 1 is 1.03 bits per heavy atom. The molecule has 0 aromatic heterocycles. The number of rotatable bonds is 9. The lowest BCUT2D eigenvalue weighted by atomic mass is 10.1. The smallest absolute Gasteiger partial charge is 0.322 e. The molecule has 0 aliphatic carbocycles. The van der Waals surface area contributed by atoms with Gasteiger partial charge in [-0.1, -0.05) is 71.2 Å². The van der Waals surface area contributed by atoms with Gasteiger partial charge >= 0.3 is 6.03 Å². The summed E-state index contributed by atoms with van der Waals surface area (Å²) in [5.41, 5.74) is 3.83. The van der Waals surface area contributed by atoms with E-state index in [1.165, 1.54) is 0 Å². The Morgan fingerprint density at radius 2 is 1.76 bits per heavy atom. The Hall–Kier alpha value is -2.95. The van der Waals surface area contributed by atoms with Crippen LogP contribution in [0.4, 0.5) is 10.5 Å². The van der Waals surface area contributed by atoms with Crippen molar-refractivity contribution in [1.29, 1.82) is 0 Å². The molecule has 0 bridgehead atoms. The van der Waals surface area contributed by atoms with Gasteiger partial charge in [0.15, 0.2) is 0 Å². The zero-order valence-electron chi connectivity index (χ0n) is 18.9. The summed E-state index contributed by atoms with van der Waals surface area (Å²) in [7, 11) is 0. The van der Waals surface area contributed by atoms with Gasteiger partial charge in [0.2, 0.25) is 0 Å².